The molecular formula is C17H23N3O. The molecule has 1 N–H and O–H groups in total. The standard InChI is InChI=1S/C17H23N3O/c1-4-8-17(9-5-1)13-18-10-11-20(17)12-16-19-14-6-2-3-7-15(14)21-16/h2-3,6-7,18H,1,4-5,8-13H2. The third-order valence-corrected chi connectivity index (χ3v) is 5.13. The Balaban J connectivity index is 1.58. The van der Waals surface area contributed by atoms with Crippen molar-refractivity contribution < 1.29 is 4.42 Å². The second kappa shape index (κ2) is 5.43. The van der Waals surface area contributed by atoms with Crippen molar-refractivity contribution in [1.29, 1.82) is 0 Å². The molecule has 4 rings (SSSR count). The van der Waals surface area contributed by atoms with Crippen LogP contribution in [0.3, 0.4) is 0 Å². The monoisotopic (exact) mass is 285 g/mol. The molecule has 2 heterocycles. The first-order valence-corrected chi connectivity index (χ1v) is 8.16. The first kappa shape index (κ1) is 13.3. The number of oxazole rings is 1. The number of fused-ring (bicyclic) bond motifs is 1. The normalized spacial score (nSPS) is 22.9. The molecular weight excluding hydrogens is 262 g/mol. The highest BCUT2D eigenvalue weighted by molar-refractivity contribution is 5.72. The Morgan fingerprint density at radius 3 is 2.90 bits per heavy atom. The van der Waals surface area contributed by atoms with Crippen LogP contribution in [0.5, 0.6) is 0 Å². The SMILES string of the molecule is c1ccc2oc(CN3CCNCC34CCCCC4)nc2c1. The maximum Gasteiger partial charge on any atom is 0.209 e. The van der Waals surface area contributed by atoms with Crippen molar-refractivity contribution in [2.24, 2.45) is 0 Å². The van der Waals surface area contributed by atoms with Crippen LogP contribution in [0.4, 0.5) is 0 Å². The lowest BCUT2D eigenvalue weighted by molar-refractivity contribution is 0.0151. The molecule has 0 bridgehead atoms. The summed E-state index contributed by atoms with van der Waals surface area (Å²) in [6.45, 7) is 4.13. The van der Waals surface area contributed by atoms with Gasteiger partial charge in [0, 0.05) is 25.2 Å². The van der Waals surface area contributed by atoms with Gasteiger partial charge in [0.1, 0.15) is 5.52 Å². The number of rotatable bonds is 2. The average Bonchev–Trinajstić information content (AvgIpc) is 2.93. The third kappa shape index (κ3) is 2.47. The first-order chi connectivity index (χ1) is 10.4. The Bertz CT molecular complexity index is 574. The minimum Gasteiger partial charge on any atom is -0.439 e. The highest BCUT2D eigenvalue weighted by Crippen LogP contribution is 2.35. The lowest BCUT2D eigenvalue weighted by atomic mass is 9.79. The van der Waals surface area contributed by atoms with E-state index >= 15 is 0 Å². The van der Waals surface area contributed by atoms with Crippen molar-refractivity contribution in [3.05, 3.63) is 30.2 Å². The van der Waals surface area contributed by atoms with Gasteiger partial charge in [-0.05, 0) is 25.0 Å². The topological polar surface area (TPSA) is 41.3 Å². The molecule has 21 heavy (non-hydrogen) atoms. The highest BCUT2D eigenvalue weighted by Gasteiger charge is 2.40. The largest absolute Gasteiger partial charge is 0.439 e. The van der Waals surface area contributed by atoms with E-state index in [0.717, 1.165) is 43.2 Å². The number of nitrogens with zero attached hydrogens (tertiary/aromatic N) is 2. The molecule has 0 unspecified atom stereocenters. The molecule has 4 heteroatoms. The van der Waals surface area contributed by atoms with Gasteiger partial charge in [-0.15, -0.1) is 0 Å². The van der Waals surface area contributed by atoms with Crippen molar-refractivity contribution in [3.63, 3.8) is 0 Å². The maximum atomic E-state index is 5.93. The predicted octanol–water partition coefficient (Wildman–Crippen LogP) is 2.94. The number of para-hydroxylation sites is 2. The number of hydrogen-bond acceptors (Lipinski definition) is 4. The van der Waals surface area contributed by atoms with Gasteiger partial charge in [-0.25, -0.2) is 4.98 Å². The average molecular weight is 285 g/mol. The summed E-state index contributed by atoms with van der Waals surface area (Å²) in [6, 6.07) is 8.04. The molecule has 1 spiro atoms. The fraction of sp³-hybridized carbons (Fsp3) is 0.588. The summed E-state index contributed by atoms with van der Waals surface area (Å²) in [5.41, 5.74) is 2.21. The van der Waals surface area contributed by atoms with Crippen LogP contribution in [-0.4, -0.2) is 35.1 Å². The number of nitrogens with one attached hydrogen (secondary N) is 1. The second-order valence-corrected chi connectivity index (χ2v) is 6.46. The van der Waals surface area contributed by atoms with Crippen molar-refractivity contribution in [2.75, 3.05) is 19.6 Å². The molecule has 1 saturated heterocycles. The highest BCUT2D eigenvalue weighted by atomic mass is 16.3. The Kier molecular flexibility index (Phi) is 3.43. The fourth-order valence-electron chi connectivity index (χ4n) is 3.98. The summed E-state index contributed by atoms with van der Waals surface area (Å²) in [4.78, 5) is 7.27. The van der Waals surface area contributed by atoms with Crippen LogP contribution in [0.15, 0.2) is 28.7 Å². The Morgan fingerprint density at radius 2 is 2.05 bits per heavy atom. The van der Waals surface area contributed by atoms with Gasteiger partial charge in [0.25, 0.3) is 0 Å². The Morgan fingerprint density at radius 1 is 1.19 bits per heavy atom. The molecule has 2 fully saturated rings. The van der Waals surface area contributed by atoms with E-state index in [1.54, 1.807) is 0 Å². The van der Waals surface area contributed by atoms with E-state index in [9.17, 15) is 0 Å². The quantitative estimate of drug-likeness (QED) is 0.921. The Labute approximate surface area is 125 Å². The molecule has 2 aliphatic rings. The van der Waals surface area contributed by atoms with Gasteiger partial charge in [0.15, 0.2) is 5.58 Å². The zero-order valence-corrected chi connectivity index (χ0v) is 12.5. The van der Waals surface area contributed by atoms with Gasteiger partial charge in [-0.3, -0.25) is 4.90 Å². The minimum atomic E-state index is 0.331. The molecule has 1 aromatic heterocycles. The van der Waals surface area contributed by atoms with Crippen LogP contribution < -0.4 is 5.32 Å². The van der Waals surface area contributed by atoms with E-state index in [-0.39, 0.29) is 0 Å². The van der Waals surface area contributed by atoms with Gasteiger partial charge < -0.3 is 9.73 Å². The van der Waals surface area contributed by atoms with Crippen molar-refractivity contribution in [1.82, 2.24) is 15.2 Å². The van der Waals surface area contributed by atoms with Gasteiger partial charge in [-0.2, -0.15) is 0 Å². The zero-order chi connectivity index (χ0) is 14.1. The maximum absolute atomic E-state index is 5.93. The van der Waals surface area contributed by atoms with Crippen LogP contribution in [0, 0.1) is 0 Å². The van der Waals surface area contributed by atoms with Crippen LogP contribution >= 0.6 is 0 Å². The molecule has 0 atom stereocenters. The van der Waals surface area contributed by atoms with Crippen molar-refractivity contribution >= 4 is 11.1 Å². The summed E-state index contributed by atoms with van der Waals surface area (Å²) in [6.07, 6.45) is 6.70. The smallest absolute Gasteiger partial charge is 0.209 e. The molecule has 1 aliphatic heterocycles. The minimum absolute atomic E-state index is 0.331. The van der Waals surface area contributed by atoms with Crippen LogP contribution in [0.25, 0.3) is 11.1 Å². The van der Waals surface area contributed by atoms with E-state index in [1.165, 1.54) is 32.1 Å². The van der Waals surface area contributed by atoms with E-state index < -0.39 is 0 Å². The molecule has 0 radical (unpaired) electrons. The third-order valence-electron chi connectivity index (χ3n) is 5.13. The Hall–Kier alpha value is -1.39. The summed E-state index contributed by atoms with van der Waals surface area (Å²) in [7, 11) is 0. The summed E-state index contributed by atoms with van der Waals surface area (Å²) in [5.74, 6) is 0.864. The van der Waals surface area contributed by atoms with E-state index in [2.05, 4.69) is 15.2 Å². The van der Waals surface area contributed by atoms with Gasteiger partial charge >= 0.3 is 0 Å². The molecule has 1 aromatic carbocycles. The second-order valence-electron chi connectivity index (χ2n) is 6.46. The lowest BCUT2D eigenvalue weighted by Gasteiger charge is -2.49. The van der Waals surface area contributed by atoms with Crippen LogP contribution in [0.1, 0.15) is 38.0 Å². The summed E-state index contributed by atoms with van der Waals surface area (Å²) >= 11 is 0. The van der Waals surface area contributed by atoms with Gasteiger partial charge in [0.05, 0.1) is 6.54 Å². The fourth-order valence-corrected chi connectivity index (χ4v) is 3.98. The van der Waals surface area contributed by atoms with Crippen LogP contribution in [-0.2, 0) is 6.54 Å². The van der Waals surface area contributed by atoms with Crippen molar-refractivity contribution in [2.45, 2.75) is 44.2 Å². The molecule has 1 saturated carbocycles. The first-order valence-electron chi connectivity index (χ1n) is 8.16. The summed E-state index contributed by atoms with van der Waals surface area (Å²) in [5, 5.41) is 3.59. The number of piperazine rings is 1. The number of hydrogen-bond donors (Lipinski definition) is 1. The van der Waals surface area contributed by atoms with Gasteiger partial charge in [-0.1, -0.05) is 31.4 Å². The van der Waals surface area contributed by atoms with E-state index in [1.807, 2.05) is 24.3 Å². The summed E-state index contributed by atoms with van der Waals surface area (Å²) < 4.78 is 5.93. The van der Waals surface area contributed by atoms with Crippen molar-refractivity contribution in [3.8, 4) is 0 Å². The molecule has 4 nitrogen and oxygen atoms in total. The van der Waals surface area contributed by atoms with Gasteiger partial charge in [0.2, 0.25) is 5.89 Å². The molecule has 2 aromatic rings. The lowest BCUT2D eigenvalue weighted by Crippen LogP contribution is -2.61. The van der Waals surface area contributed by atoms with E-state index in [4.69, 9.17) is 4.42 Å². The molecule has 0 amide bonds. The number of benzene rings is 1. The molecule has 112 valence electrons. The predicted molar refractivity (Wildman–Crippen MR) is 83.1 cm³/mol. The zero-order valence-electron chi connectivity index (χ0n) is 12.5. The molecule has 1 aliphatic carbocycles. The van der Waals surface area contributed by atoms with E-state index in [0.29, 0.717) is 5.54 Å². The number of aromatic nitrogens is 1. The van der Waals surface area contributed by atoms with Crippen LogP contribution in [0.2, 0.25) is 0 Å².